The lowest BCUT2D eigenvalue weighted by Crippen LogP contribution is -1.93. The molecule has 0 spiro atoms. The smallest absolute Gasteiger partial charge is 0.143 e. The summed E-state index contributed by atoms with van der Waals surface area (Å²) in [6.07, 6.45) is 0. The fourth-order valence-electron chi connectivity index (χ4n) is 9.30. The molecule has 0 bridgehead atoms. The second-order valence-electron chi connectivity index (χ2n) is 14.7. The molecule has 0 saturated heterocycles. The number of hydrogen-bond acceptors (Lipinski definition) is 2. The lowest BCUT2D eigenvalue weighted by Gasteiger charge is -2.20. The van der Waals surface area contributed by atoms with Crippen LogP contribution in [0.15, 0.2) is 203 Å². The van der Waals surface area contributed by atoms with Crippen molar-refractivity contribution in [3.63, 3.8) is 0 Å². The van der Waals surface area contributed by atoms with Crippen molar-refractivity contribution in [2.45, 2.75) is 0 Å². The Bertz CT molecular complexity index is 3470. The summed E-state index contributed by atoms with van der Waals surface area (Å²) in [7, 11) is 0. The molecule has 0 radical (unpaired) electrons. The van der Waals surface area contributed by atoms with E-state index in [0.717, 1.165) is 60.9 Å². The van der Waals surface area contributed by atoms with E-state index in [-0.39, 0.29) is 0 Å². The van der Waals surface area contributed by atoms with E-state index in [9.17, 15) is 0 Å². The van der Waals surface area contributed by atoms with E-state index in [1.807, 2.05) is 6.07 Å². The van der Waals surface area contributed by atoms with Crippen molar-refractivity contribution in [2.24, 2.45) is 0 Å². The van der Waals surface area contributed by atoms with Gasteiger partial charge in [-0.3, -0.25) is 0 Å². The van der Waals surface area contributed by atoms with E-state index in [1.165, 1.54) is 59.8 Å². The van der Waals surface area contributed by atoms with E-state index in [1.54, 1.807) is 0 Å². The molecule has 0 aliphatic heterocycles. The van der Waals surface area contributed by atoms with Crippen molar-refractivity contribution >= 4 is 76.0 Å². The van der Waals surface area contributed by atoms with Gasteiger partial charge in [-0.2, -0.15) is 0 Å². The average molecular weight is 713 g/mol. The van der Waals surface area contributed by atoms with Crippen LogP contribution in [0.5, 0.6) is 0 Å². The molecular weight excluding hydrogens is 681 g/mol. The average Bonchev–Trinajstić information content (AvgIpc) is 3.83. The molecule has 56 heavy (non-hydrogen) atoms. The molecule has 2 heteroatoms. The van der Waals surface area contributed by atoms with Crippen LogP contribution < -0.4 is 0 Å². The third-order valence-corrected chi connectivity index (χ3v) is 11.7. The fraction of sp³-hybridized carbons (Fsp3) is 0. The quantitative estimate of drug-likeness (QED) is 0.170. The van der Waals surface area contributed by atoms with Crippen LogP contribution in [0.2, 0.25) is 0 Å². The Morgan fingerprint density at radius 3 is 1.38 bits per heavy atom. The fourth-order valence-corrected chi connectivity index (χ4v) is 9.30. The first-order valence-electron chi connectivity index (χ1n) is 19.2. The van der Waals surface area contributed by atoms with Crippen LogP contribution >= 0.6 is 0 Å². The topological polar surface area (TPSA) is 26.3 Å². The SMILES string of the molecule is c1ccc(-c2oc3ccccc3c2-c2c3ccccc3c(-c3ccc(-c4c5ccccc5cc5c4oc4ccccc45)c4ccccc34)c3ccccc23)cc1. The molecule has 0 fully saturated rings. The summed E-state index contributed by atoms with van der Waals surface area (Å²) in [4.78, 5) is 0. The number of hydrogen-bond donors (Lipinski definition) is 0. The van der Waals surface area contributed by atoms with Crippen molar-refractivity contribution in [2.75, 3.05) is 0 Å². The first-order valence-corrected chi connectivity index (χ1v) is 19.2. The Morgan fingerprint density at radius 1 is 0.268 bits per heavy atom. The summed E-state index contributed by atoms with van der Waals surface area (Å²) in [6.45, 7) is 0. The van der Waals surface area contributed by atoms with Crippen molar-refractivity contribution < 1.29 is 8.83 Å². The van der Waals surface area contributed by atoms with Gasteiger partial charge in [-0.25, -0.2) is 0 Å². The Balaban J connectivity index is 1.18. The van der Waals surface area contributed by atoms with E-state index in [4.69, 9.17) is 8.83 Å². The minimum absolute atomic E-state index is 0.882. The maximum absolute atomic E-state index is 6.74. The van der Waals surface area contributed by atoms with Crippen molar-refractivity contribution in [1.82, 2.24) is 0 Å². The van der Waals surface area contributed by atoms with E-state index < -0.39 is 0 Å². The predicted octanol–water partition coefficient (Wildman–Crippen LogP) is 15.6. The molecule has 2 nitrogen and oxygen atoms in total. The Hall–Kier alpha value is -7.42. The lowest BCUT2D eigenvalue weighted by atomic mass is 9.82. The number of benzene rings is 10. The summed E-state index contributed by atoms with van der Waals surface area (Å²) in [5.74, 6) is 0.886. The Kier molecular flexibility index (Phi) is 6.66. The van der Waals surface area contributed by atoms with Gasteiger partial charge in [0.05, 0.1) is 0 Å². The standard InChI is InChI=1S/C54H32O2/c1-2-16-33(17-3-1)53-52(45-27-13-15-29-48(45)55-53)50-41-25-10-8-23-39(41)49(40-24-9-11-26-42(40)50)43-30-31-44(37-21-7-6-20-36(37)43)51-35-19-5-4-18-34(35)32-46-38-22-12-14-28-47(38)56-54(46)51/h1-32H. The lowest BCUT2D eigenvalue weighted by molar-refractivity contribution is 0.632. The molecule has 2 aromatic heterocycles. The van der Waals surface area contributed by atoms with Gasteiger partial charge in [-0.05, 0) is 78.0 Å². The Labute approximate surface area is 322 Å². The summed E-state index contributed by atoms with van der Waals surface area (Å²) in [5.41, 5.74) is 10.8. The minimum atomic E-state index is 0.882. The molecule has 0 aliphatic carbocycles. The molecule has 0 atom stereocenters. The van der Waals surface area contributed by atoms with Crippen molar-refractivity contribution in [3.8, 4) is 44.7 Å². The van der Waals surface area contributed by atoms with Crippen molar-refractivity contribution in [3.05, 3.63) is 194 Å². The van der Waals surface area contributed by atoms with Crippen LogP contribution in [-0.2, 0) is 0 Å². The highest BCUT2D eigenvalue weighted by atomic mass is 16.3. The van der Waals surface area contributed by atoms with Crippen LogP contribution in [0, 0.1) is 0 Å². The number of fused-ring (bicyclic) bond motifs is 8. The zero-order valence-electron chi connectivity index (χ0n) is 30.3. The van der Waals surface area contributed by atoms with E-state index >= 15 is 0 Å². The zero-order chi connectivity index (χ0) is 36.7. The molecule has 12 aromatic rings. The molecule has 0 amide bonds. The largest absolute Gasteiger partial charge is 0.455 e. The molecular formula is C54H32O2. The summed E-state index contributed by atoms with van der Waals surface area (Å²) >= 11 is 0. The highest BCUT2D eigenvalue weighted by molar-refractivity contribution is 6.28. The maximum Gasteiger partial charge on any atom is 0.143 e. The highest BCUT2D eigenvalue weighted by Crippen LogP contribution is 2.51. The summed E-state index contributed by atoms with van der Waals surface area (Å²) < 4.78 is 13.5. The Morgan fingerprint density at radius 2 is 0.732 bits per heavy atom. The highest BCUT2D eigenvalue weighted by Gasteiger charge is 2.25. The molecule has 0 unspecified atom stereocenters. The number of para-hydroxylation sites is 2. The molecule has 10 aromatic carbocycles. The molecule has 0 aliphatic rings. The van der Waals surface area contributed by atoms with Gasteiger partial charge in [-0.1, -0.05) is 176 Å². The van der Waals surface area contributed by atoms with Gasteiger partial charge in [0.25, 0.3) is 0 Å². The summed E-state index contributed by atoms with van der Waals surface area (Å²) in [5, 5.41) is 12.9. The molecule has 12 rings (SSSR count). The third-order valence-electron chi connectivity index (χ3n) is 11.7. The molecule has 2 heterocycles. The van der Waals surface area contributed by atoms with Crippen LogP contribution in [0.4, 0.5) is 0 Å². The van der Waals surface area contributed by atoms with E-state index in [2.05, 4.69) is 188 Å². The molecule has 0 N–H and O–H groups in total. The van der Waals surface area contributed by atoms with Crippen LogP contribution in [0.1, 0.15) is 0 Å². The van der Waals surface area contributed by atoms with E-state index in [0.29, 0.717) is 0 Å². The van der Waals surface area contributed by atoms with Gasteiger partial charge in [0.2, 0.25) is 0 Å². The first kappa shape index (κ1) is 31.0. The zero-order valence-corrected chi connectivity index (χ0v) is 30.3. The normalized spacial score (nSPS) is 11.9. The van der Waals surface area contributed by atoms with Crippen LogP contribution in [0.3, 0.4) is 0 Å². The molecule has 0 saturated carbocycles. The third kappa shape index (κ3) is 4.44. The minimum Gasteiger partial charge on any atom is -0.455 e. The predicted molar refractivity (Wildman–Crippen MR) is 235 cm³/mol. The number of furan rings is 2. The van der Waals surface area contributed by atoms with Gasteiger partial charge in [0.1, 0.15) is 22.5 Å². The van der Waals surface area contributed by atoms with Gasteiger partial charge in [0.15, 0.2) is 0 Å². The number of rotatable bonds is 4. The second kappa shape index (κ2) is 12.0. The van der Waals surface area contributed by atoms with Gasteiger partial charge in [0, 0.05) is 38.4 Å². The maximum atomic E-state index is 6.74. The van der Waals surface area contributed by atoms with Crippen molar-refractivity contribution in [1.29, 1.82) is 0 Å². The first-order chi connectivity index (χ1) is 27.8. The molecule has 260 valence electrons. The summed E-state index contributed by atoms with van der Waals surface area (Å²) in [6, 6.07) is 69.6. The van der Waals surface area contributed by atoms with Crippen LogP contribution in [-0.4, -0.2) is 0 Å². The van der Waals surface area contributed by atoms with Gasteiger partial charge in [-0.15, -0.1) is 0 Å². The van der Waals surface area contributed by atoms with Gasteiger partial charge < -0.3 is 8.83 Å². The monoisotopic (exact) mass is 712 g/mol. The van der Waals surface area contributed by atoms with Crippen LogP contribution in [0.25, 0.3) is 121 Å². The van der Waals surface area contributed by atoms with Gasteiger partial charge >= 0.3 is 0 Å². The second-order valence-corrected chi connectivity index (χ2v) is 14.7.